The van der Waals surface area contributed by atoms with Crippen molar-refractivity contribution >= 4 is 6.08 Å². The van der Waals surface area contributed by atoms with Crippen molar-refractivity contribution in [3.63, 3.8) is 0 Å². The Balaban J connectivity index is 2.12. The summed E-state index contributed by atoms with van der Waals surface area (Å²) >= 11 is 0. The summed E-state index contributed by atoms with van der Waals surface area (Å²) in [6.45, 7) is 0.743. The molecule has 0 unspecified atom stereocenters. The molecule has 0 saturated heterocycles. The molecule has 0 N–H and O–H groups in total. The highest BCUT2D eigenvalue weighted by Gasteiger charge is 2.41. The van der Waals surface area contributed by atoms with Gasteiger partial charge in [-0.05, 0) is 30.9 Å². The van der Waals surface area contributed by atoms with E-state index in [9.17, 15) is 4.79 Å². The van der Waals surface area contributed by atoms with E-state index >= 15 is 0 Å². The summed E-state index contributed by atoms with van der Waals surface area (Å²) < 4.78 is 5.54. The second kappa shape index (κ2) is 3.46. The Morgan fingerprint density at radius 2 is 2.25 bits per heavy atom. The lowest BCUT2D eigenvalue weighted by molar-refractivity contribution is 0.254. The maximum absolute atomic E-state index is 10.6. The predicted molar refractivity (Wildman–Crippen MR) is 59.3 cm³/mol. The molecule has 0 aromatic heterocycles. The van der Waals surface area contributed by atoms with E-state index in [4.69, 9.17) is 4.74 Å². The van der Waals surface area contributed by atoms with E-state index in [1.807, 2.05) is 12.1 Å². The number of isocyanates is 1. The Hall–Kier alpha value is -1.60. The Bertz CT molecular complexity index is 471. The Kier molecular flexibility index (Phi) is 2.08. The molecule has 0 amide bonds. The first-order valence-corrected chi connectivity index (χ1v) is 5.70. The third kappa shape index (κ3) is 1.22. The lowest BCUT2D eigenvalue weighted by atomic mass is 9.70. The van der Waals surface area contributed by atoms with Crippen molar-refractivity contribution in [2.75, 3.05) is 6.61 Å². The topological polar surface area (TPSA) is 38.7 Å². The van der Waals surface area contributed by atoms with Gasteiger partial charge < -0.3 is 4.74 Å². The number of carbonyl (C=O) groups excluding carboxylic acids is 1. The van der Waals surface area contributed by atoms with Gasteiger partial charge in [-0.3, -0.25) is 0 Å². The van der Waals surface area contributed by atoms with Crippen LogP contribution >= 0.6 is 0 Å². The maximum Gasteiger partial charge on any atom is 0.235 e. The molecule has 16 heavy (non-hydrogen) atoms. The van der Waals surface area contributed by atoms with Gasteiger partial charge >= 0.3 is 0 Å². The number of aliphatic imine (C=N–C) groups is 1. The lowest BCUT2D eigenvalue weighted by Crippen LogP contribution is -2.32. The molecule has 0 atom stereocenters. The zero-order chi connectivity index (χ0) is 11.0. The lowest BCUT2D eigenvalue weighted by Gasteiger charge is -2.38. The largest absolute Gasteiger partial charge is 0.493 e. The second-order valence-corrected chi connectivity index (χ2v) is 4.47. The summed E-state index contributed by atoms with van der Waals surface area (Å²) in [6, 6.07) is 6.05. The minimum atomic E-state index is -0.291. The number of rotatable bonds is 2. The molecule has 1 aromatic carbocycles. The SMILES string of the molecule is O=C=NC1(c2cccc3c2CCO3)CCC1. The van der Waals surface area contributed by atoms with Crippen LogP contribution in [0.25, 0.3) is 0 Å². The monoisotopic (exact) mass is 215 g/mol. The highest BCUT2D eigenvalue weighted by molar-refractivity contribution is 5.49. The smallest absolute Gasteiger partial charge is 0.235 e. The molecular weight excluding hydrogens is 202 g/mol. The number of hydrogen-bond donors (Lipinski definition) is 0. The van der Waals surface area contributed by atoms with E-state index in [0.717, 1.165) is 38.0 Å². The molecule has 0 radical (unpaired) electrons. The third-order valence-electron chi connectivity index (χ3n) is 3.68. The molecular formula is C13H13NO2. The number of hydrogen-bond acceptors (Lipinski definition) is 3. The van der Waals surface area contributed by atoms with Crippen molar-refractivity contribution in [2.24, 2.45) is 4.99 Å². The van der Waals surface area contributed by atoms with Gasteiger partial charge in [0.1, 0.15) is 5.75 Å². The standard InChI is InChI=1S/C13H13NO2/c15-9-14-13(6-2-7-13)11-3-1-4-12-10(11)5-8-16-12/h1,3-4H,2,5-8H2. The van der Waals surface area contributed by atoms with Crippen LogP contribution in [0.4, 0.5) is 0 Å². The summed E-state index contributed by atoms with van der Waals surface area (Å²) in [6.07, 6.45) is 5.72. The number of ether oxygens (including phenoxy) is 1. The van der Waals surface area contributed by atoms with E-state index in [0.29, 0.717) is 0 Å². The first kappa shape index (κ1) is 9.61. The van der Waals surface area contributed by atoms with Crippen LogP contribution in [0.5, 0.6) is 5.75 Å². The van der Waals surface area contributed by atoms with Gasteiger partial charge in [0, 0.05) is 12.0 Å². The molecule has 0 bridgehead atoms. The highest BCUT2D eigenvalue weighted by Crippen LogP contribution is 2.48. The molecule has 0 spiro atoms. The predicted octanol–water partition coefficient (Wildman–Crippen LogP) is 2.34. The molecule has 1 aromatic rings. The van der Waals surface area contributed by atoms with E-state index in [1.165, 1.54) is 11.1 Å². The normalized spacial score (nSPS) is 20.2. The van der Waals surface area contributed by atoms with Crippen molar-refractivity contribution in [3.05, 3.63) is 29.3 Å². The van der Waals surface area contributed by atoms with Crippen LogP contribution in [0.3, 0.4) is 0 Å². The molecule has 3 rings (SSSR count). The molecule has 1 aliphatic heterocycles. The minimum absolute atomic E-state index is 0.291. The fourth-order valence-corrected chi connectivity index (χ4v) is 2.70. The summed E-state index contributed by atoms with van der Waals surface area (Å²) in [5, 5.41) is 0. The fraction of sp³-hybridized carbons (Fsp3) is 0.462. The van der Waals surface area contributed by atoms with Crippen LogP contribution in [0.2, 0.25) is 0 Å². The van der Waals surface area contributed by atoms with Crippen LogP contribution in [0, 0.1) is 0 Å². The van der Waals surface area contributed by atoms with Crippen molar-refractivity contribution in [3.8, 4) is 5.75 Å². The van der Waals surface area contributed by atoms with E-state index in [1.54, 1.807) is 6.08 Å². The average molecular weight is 215 g/mol. The summed E-state index contributed by atoms with van der Waals surface area (Å²) in [5.41, 5.74) is 2.12. The van der Waals surface area contributed by atoms with Crippen LogP contribution in [-0.2, 0) is 16.8 Å². The molecule has 2 aliphatic rings. The Labute approximate surface area is 94.1 Å². The maximum atomic E-state index is 10.6. The van der Waals surface area contributed by atoms with Crippen LogP contribution in [0.1, 0.15) is 30.4 Å². The second-order valence-electron chi connectivity index (χ2n) is 4.47. The zero-order valence-electron chi connectivity index (χ0n) is 9.03. The fourth-order valence-electron chi connectivity index (χ4n) is 2.70. The highest BCUT2D eigenvalue weighted by atomic mass is 16.5. The van der Waals surface area contributed by atoms with Crippen molar-refractivity contribution in [1.82, 2.24) is 0 Å². The quantitative estimate of drug-likeness (QED) is 0.561. The molecule has 1 heterocycles. The van der Waals surface area contributed by atoms with Gasteiger partial charge in [0.15, 0.2) is 0 Å². The van der Waals surface area contributed by atoms with Crippen molar-refractivity contribution in [2.45, 2.75) is 31.2 Å². The zero-order valence-corrected chi connectivity index (χ0v) is 9.03. The first-order chi connectivity index (χ1) is 7.86. The van der Waals surface area contributed by atoms with Gasteiger partial charge in [-0.25, -0.2) is 4.79 Å². The molecule has 1 fully saturated rings. The van der Waals surface area contributed by atoms with E-state index in [2.05, 4.69) is 11.1 Å². The Morgan fingerprint density at radius 3 is 2.94 bits per heavy atom. The van der Waals surface area contributed by atoms with Gasteiger partial charge in [0.2, 0.25) is 6.08 Å². The number of fused-ring (bicyclic) bond motifs is 1. The van der Waals surface area contributed by atoms with Crippen molar-refractivity contribution in [1.29, 1.82) is 0 Å². The summed E-state index contributed by atoms with van der Waals surface area (Å²) in [5.74, 6) is 0.963. The molecule has 1 saturated carbocycles. The van der Waals surface area contributed by atoms with Gasteiger partial charge in [0.25, 0.3) is 0 Å². The van der Waals surface area contributed by atoms with Gasteiger partial charge in [-0.1, -0.05) is 12.1 Å². The van der Waals surface area contributed by atoms with E-state index in [-0.39, 0.29) is 5.54 Å². The van der Waals surface area contributed by atoms with E-state index < -0.39 is 0 Å². The Morgan fingerprint density at radius 1 is 1.38 bits per heavy atom. The summed E-state index contributed by atoms with van der Waals surface area (Å²) in [4.78, 5) is 14.6. The first-order valence-electron chi connectivity index (χ1n) is 5.70. The van der Waals surface area contributed by atoms with Crippen molar-refractivity contribution < 1.29 is 9.53 Å². The number of nitrogens with zero attached hydrogens (tertiary/aromatic N) is 1. The molecule has 1 aliphatic carbocycles. The van der Waals surface area contributed by atoms with Gasteiger partial charge in [-0.2, -0.15) is 4.99 Å². The molecule has 3 nitrogen and oxygen atoms in total. The molecule has 3 heteroatoms. The minimum Gasteiger partial charge on any atom is -0.493 e. The summed E-state index contributed by atoms with van der Waals surface area (Å²) in [7, 11) is 0. The van der Waals surface area contributed by atoms with Gasteiger partial charge in [0.05, 0.1) is 12.1 Å². The number of benzene rings is 1. The van der Waals surface area contributed by atoms with Crippen LogP contribution in [0.15, 0.2) is 23.2 Å². The molecule has 82 valence electrons. The van der Waals surface area contributed by atoms with Crippen LogP contribution < -0.4 is 4.74 Å². The van der Waals surface area contributed by atoms with Crippen LogP contribution in [-0.4, -0.2) is 12.7 Å². The third-order valence-corrected chi connectivity index (χ3v) is 3.68. The average Bonchev–Trinajstić information content (AvgIpc) is 2.71. The van der Waals surface area contributed by atoms with Gasteiger partial charge in [-0.15, -0.1) is 0 Å².